The molecule has 0 bridgehead atoms. The minimum atomic E-state index is -4.10. The lowest BCUT2D eigenvalue weighted by Crippen LogP contribution is -2.56. The van der Waals surface area contributed by atoms with Crippen molar-refractivity contribution in [3.05, 3.63) is 0 Å². The van der Waals surface area contributed by atoms with Crippen LogP contribution in [0.4, 0.5) is 13.2 Å². The summed E-state index contributed by atoms with van der Waals surface area (Å²) in [4.78, 5) is 15.7. The maximum absolute atomic E-state index is 12.3. The molecule has 2 saturated heterocycles. The van der Waals surface area contributed by atoms with Gasteiger partial charge in [0.1, 0.15) is 0 Å². The monoisotopic (exact) mass is 308 g/mol. The molecule has 0 saturated carbocycles. The zero-order valence-electron chi connectivity index (χ0n) is 12.1. The number of hydrogen-bond acceptors (Lipinski definition) is 3. The van der Waals surface area contributed by atoms with E-state index in [9.17, 15) is 18.0 Å². The van der Waals surface area contributed by atoms with Crippen molar-refractivity contribution in [1.82, 2.24) is 9.80 Å². The van der Waals surface area contributed by atoms with Gasteiger partial charge in [-0.3, -0.25) is 4.79 Å². The van der Waals surface area contributed by atoms with E-state index in [2.05, 4.69) is 0 Å². The third-order valence-corrected chi connectivity index (χ3v) is 4.50. The summed E-state index contributed by atoms with van der Waals surface area (Å²) in [5.41, 5.74) is 0. The minimum absolute atomic E-state index is 0.0529. The van der Waals surface area contributed by atoms with E-state index in [4.69, 9.17) is 5.11 Å². The Balaban J connectivity index is 1.88. The third-order valence-electron chi connectivity index (χ3n) is 4.50. The average molecular weight is 308 g/mol. The molecule has 2 rings (SSSR count). The summed E-state index contributed by atoms with van der Waals surface area (Å²) in [7, 11) is 0. The summed E-state index contributed by atoms with van der Waals surface area (Å²) >= 11 is 0. The number of fused-ring (bicyclic) bond motifs is 1. The molecule has 0 unspecified atom stereocenters. The van der Waals surface area contributed by atoms with E-state index in [1.54, 1.807) is 0 Å². The SMILES string of the molecule is O=C1CC[C@H]2CN(CCC(F)(F)F)CC[C@H]2N1CCCO. The predicted octanol–water partition coefficient (Wildman–Crippen LogP) is 1.63. The molecule has 2 aliphatic rings. The van der Waals surface area contributed by atoms with Crippen LogP contribution >= 0.6 is 0 Å². The number of piperidine rings is 2. The van der Waals surface area contributed by atoms with Gasteiger partial charge in [0.2, 0.25) is 5.91 Å². The van der Waals surface area contributed by atoms with Crippen LogP contribution < -0.4 is 0 Å². The molecule has 0 aromatic carbocycles. The van der Waals surface area contributed by atoms with Gasteiger partial charge in [-0.05, 0) is 25.2 Å². The van der Waals surface area contributed by atoms with Crippen LogP contribution in [0.2, 0.25) is 0 Å². The molecule has 21 heavy (non-hydrogen) atoms. The number of aliphatic hydroxyl groups excluding tert-OH is 1. The Hall–Kier alpha value is -0.820. The molecule has 2 atom stereocenters. The normalized spacial score (nSPS) is 27.8. The van der Waals surface area contributed by atoms with Crippen molar-refractivity contribution in [2.24, 2.45) is 5.92 Å². The summed E-state index contributed by atoms with van der Waals surface area (Å²) in [5.74, 6) is 0.386. The van der Waals surface area contributed by atoms with E-state index in [1.807, 2.05) is 9.80 Å². The van der Waals surface area contributed by atoms with Crippen molar-refractivity contribution in [2.75, 3.05) is 32.8 Å². The topological polar surface area (TPSA) is 43.8 Å². The van der Waals surface area contributed by atoms with Gasteiger partial charge in [-0.1, -0.05) is 0 Å². The molecule has 2 fully saturated rings. The van der Waals surface area contributed by atoms with Gasteiger partial charge >= 0.3 is 6.18 Å². The molecule has 2 aliphatic heterocycles. The summed E-state index contributed by atoms with van der Waals surface area (Å²) < 4.78 is 36.9. The Kier molecular flexibility index (Phi) is 5.48. The number of nitrogens with zero attached hydrogens (tertiary/aromatic N) is 2. The third kappa shape index (κ3) is 4.57. The van der Waals surface area contributed by atoms with Crippen molar-refractivity contribution in [3.63, 3.8) is 0 Å². The maximum Gasteiger partial charge on any atom is 0.390 e. The lowest BCUT2D eigenvalue weighted by Gasteiger charge is -2.47. The second kappa shape index (κ2) is 6.96. The molecule has 0 aliphatic carbocycles. The van der Waals surface area contributed by atoms with Crippen LogP contribution in [0.3, 0.4) is 0 Å². The van der Waals surface area contributed by atoms with E-state index in [-0.39, 0.29) is 31.0 Å². The number of amides is 1. The molecule has 122 valence electrons. The molecule has 2 heterocycles. The summed E-state index contributed by atoms with van der Waals surface area (Å²) in [6.45, 7) is 1.92. The van der Waals surface area contributed by atoms with Gasteiger partial charge in [-0.2, -0.15) is 13.2 Å². The molecule has 1 N–H and O–H groups in total. The van der Waals surface area contributed by atoms with Crippen molar-refractivity contribution in [3.8, 4) is 0 Å². The second-order valence-electron chi connectivity index (χ2n) is 5.98. The lowest BCUT2D eigenvalue weighted by molar-refractivity contribution is -0.144. The highest BCUT2D eigenvalue weighted by Crippen LogP contribution is 2.32. The molecule has 1 amide bonds. The number of carbonyl (C=O) groups excluding carboxylic acids is 1. The number of alkyl halides is 3. The number of aliphatic hydroxyl groups is 1. The highest BCUT2D eigenvalue weighted by Gasteiger charge is 2.39. The van der Waals surface area contributed by atoms with Gasteiger partial charge in [-0.25, -0.2) is 0 Å². The van der Waals surface area contributed by atoms with E-state index < -0.39 is 12.6 Å². The van der Waals surface area contributed by atoms with Gasteiger partial charge in [0.15, 0.2) is 0 Å². The van der Waals surface area contributed by atoms with Crippen LogP contribution in [-0.2, 0) is 4.79 Å². The van der Waals surface area contributed by atoms with Gasteiger partial charge in [0.05, 0.1) is 6.42 Å². The first-order valence-corrected chi connectivity index (χ1v) is 7.60. The highest BCUT2D eigenvalue weighted by molar-refractivity contribution is 5.77. The quantitative estimate of drug-likeness (QED) is 0.839. The van der Waals surface area contributed by atoms with Crippen molar-refractivity contribution in [2.45, 2.75) is 44.3 Å². The van der Waals surface area contributed by atoms with Crippen LogP contribution in [0.1, 0.15) is 32.1 Å². The van der Waals surface area contributed by atoms with Gasteiger partial charge < -0.3 is 14.9 Å². The fourth-order valence-electron chi connectivity index (χ4n) is 3.45. The standard InChI is InChI=1S/C14H23F3N2O2/c15-14(16,17)5-8-18-7-4-12-11(10-18)2-3-13(21)19(12)6-1-9-20/h11-12,20H,1-10H2/t11-,12+/m0/s1. The molecule has 0 aromatic rings. The largest absolute Gasteiger partial charge is 0.396 e. The average Bonchev–Trinajstić information content (AvgIpc) is 2.43. The molecule has 4 nitrogen and oxygen atoms in total. The highest BCUT2D eigenvalue weighted by atomic mass is 19.4. The van der Waals surface area contributed by atoms with Crippen LogP contribution in [0, 0.1) is 5.92 Å². The molecule has 7 heteroatoms. The molecular weight excluding hydrogens is 285 g/mol. The van der Waals surface area contributed by atoms with E-state index in [1.165, 1.54) is 0 Å². The number of rotatable bonds is 5. The number of halogens is 3. The zero-order valence-corrected chi connectivity index (χ0v) is 12.1. The number of likely N-dealkylation sites (tertiary alicyclic amines) is 2. The molecule has 0 spiro atoms. The maximum atomic E-state index is 12.3. The second-order valence-corrected chi connectivity index (χ2v) is 5.98. The molecular formula is C14H23F3N2O2. The first kappa shape index (κ1) is 16.5. The zero-order chi connectivity index (χ0) is 15.5. The van der Waals surface area contributed by atoms with Crippen molar-refractivity contribution < 1.29 is 23.1 Å². The Bertz CT molecular complexity index is 363. The molecule has 0 radical (unpaired) electrons. The number of hydrogen-bond donors (Lipinski definition) is 1. The van der Waals surface area contributed by atoms with Gasteiger partial charge in [-0.15, -0.1) is 0 Å². The molecule has 0 aromatic heterocycles. The number of carbonyl (C=O) groups is 1. The first-order chi connectivity index (χ1) is 9.90. The first-order valence-electron chi connectivity index (χ1n) is 7.60. The minimum Gasteiger partial charge on any atom is -0.396 e. The summed E-state index contributed by atoms with van der Waals surface area (Å²) in [6, 6.07) is 0.139. The summed E-state index contributed by atoms with van der Waals surface area (Å²) in [5, 5.41) is 8.91. The van der Waals surface area contributed by atoms with Crippen LogP contribution in [0.15, 0.2) is 0 Å². The van der Waals surface area contributed by atoms with Crippen molar-refractivity contribution >= 4 is 5.91 Å². The Morgan fingerprint density at radius 1 is 1.24 bits per heavy atom. The smallest absolute Gasteiger partial charge is 0.390 e. The fraction of sp³-hybridized carbons (Fsp3) is 0.929. The van der Waals surface area contributed by atoms with Crippen LogP contribution in [-0.4, -0.2) is 65.8 Å². The van der Waals surface area contributed by atoms with E-state index in [0.717, 1.165) is 12.8 Å². The van der Waals surface area contributed by atoms with Gasteiger partial charge in [0.25, 0.3) is 0 Å². The van der Waals surface area contributed by atoms with Crippen molar-refractivity contribution in [1.29, 1.82) is 0 Å². The van der Waals surface area contributed by atoms with E-state index in [0.29, 0.717) is 32.5 Å². The van der Waals surface area contributed by atoms with E-state index >= 15 is 0 Å². The Labute approximate surface area is 122 Å². The van der Waals surface area contributed by atoms with Crippen LogP contribution in [0.25, 0.3) is 0 Å². The Morgan fingerprint density at radius 2 is 2.00 bits per heavy atom. The predicted molar refractivity (Wildman–Crippen MR) is 71.7 cm³/mol. The lowest BCUT2D eigenvalue weighted by atomic mass is 9.83. The summed E-state index contributed by atoms with van der Waals surface area (Å²) in [6.07, 6.45) is -2.34. The fourth-order valence-corrected chi connectivity index (χ4v) is 3.45. The van der Waals surface area contributed by atoms with Crippen LogP contribution in [0.5, 0.6) is 0 Å². The Morgan fingerprint density at radius 3 is 2.67 bits per heavy atom. The van der Waals surface area contributed by atoms with Gasteiger partial charge in [0, 0.05) is 45.2 Å².